The molecule has 0 unspecified atom stereocenters. The van der Waals surface area contributed by atoms with Crippen LogP contribution in [0.4, 0.5) is 0 Å². The zero-order valence-corrected chi connectivity index (χ0v) is 11.2. The van der Waals surface area contributed by atoms with Crippen LogP contribution in [-0.4, -0.2) is 18.5 Å². The molecule has 98 valence electrons. The highest BCUT2D eigenvalue weighted by Crippen LogP contribution is 2.17. The predicted molar refractivity (Wildman–Crippen MR) is 73.4 cm³/mol. The third-order valence-electron chi connectivity index (χ3n) is 3.64. The van der Waals surface area contributed by atoms with Crippen molar-refractivity contribution < 1.29 is 4.79 Å². The van der Waals surface area contributed by atoms with Crippen LogP contribution in [0.3, 0.4) is 0 Å². The van der Waals surface area contributed by atoms with Crippen LogP contribution in [0.5, 0.6) is 0 Å². The maximum absolute atomic E-state index is 12.1. The fraction of sp³-hybridized carbons (Fsp3) is 0.533. The number of hydrogen-bond acceptors (Lipinski definition) is 2. The Hall–Kier alpha value is -1.35. The summed E-state index contributed by atoms with van der Waals surface area (Å²) in [5.41, 5.74) is 2.42. The monoisotopic (exact) mass is 246 g/mol. The van der Waals surface area contributed by atoms with Gasteiger partial charge in [0.25, 0.3) is 0 Å². The number of carbonyl (C=O) groups is 1. The van der Waals surface area contributed by atoms with E-state index in [0.717, 1.165) is 19.4 Å². The number of piperidine rings is 1. The van der Waals surface area contributed by atoms with E-state index in [1.165, 1.54) is 17.5 Å². The van der Waals surface area contributed by atoms with Crippen LogP contribution in [-0.2, 0) is 4.79 Å². The van der Waals surface area contributed by atoms with Gasteiger partial charge in [-0.2, -0.15) is 0 Å². The van der Waals surface area contributed by atoms with E-state index < -0.39 is 0 Å². The van der Waals surface area contributed by atoms with Crippen molar-refractivity contribution in [2.75, 3.05) is 6.54 Å². The van der Waals surface area contributed by atoms with Crippen molar-refractivity contribution in [2.45, 2.75) is 45.2 Å². The van der Waals surface area contributed by atoms with Crippen LogP contribution < -0.4 is 10.6 Å². The van der Waals surface area contributed by atoms with Gasteiger partial charge < -0.3 is 10.6 Å². The molecule has 3 nitrogen and oxygen atoms in total. The zero-order chi connectivity index (χ0) is 13.0. The summed E-state index contributed by atoms with van der Waals surface area (Å²) in [4.78, 5) is 12.1. The molecule has 2 N–H and O–H groups in total. The largest absolute Gasteiger partial charge is 0.348 e. The van der Waals surface area contributed by atoms with E-state index >= 15 is 0 Å². The van der Waals surface area contributed by atoms with E-state index in [1.807, 2.05) is 19.1 Å². The van der Waals surface area contributed by atoms with Gasteiger partial charge in [-0.3, -0.25) is 4.79 Å². The minimum Gasteiger partial charge on any atom is -0.348 e. The molecule has 1 aliphatic heterocycles. The lowest BCUT2D eigenvalue weighted by Gasteiger charge is -2.25. The summed E-state index contributed by atoms with van der Waals surface area (Å²) in [6.45, 7) is 5.08. The lowest BCUT2D eigenvalue weighted by atomic mass is 10.0. The first kappa shape index (κ1) is 13.1. The molecule has 0 aromatic heterocycles. The second kappa shape index (κ2) is 6.01. The lowest BCUT2D eigenvalue weighted by Crippen LogP contribution is -2.47. The molecule has 3 heteroatoms. The molecule has 0 radical (unpaired) electrons. The average Bonchev–Trinajstić information content (AvgIpc) is 2.40. The summed E-state index contributed by atoms with van der Waals surface area (Å²) >= 11 is 0. The van der Waals surface area contributed by atoms with E-state index in [2.05, 4.69) is 29.7 Å². The third kappa shape index (κ3) is 3.10. The molecule has 0 saturated carbocycles. The number of aryl methyl sites for hydroxylation is 1. The van der Waals surface area contributed by atoms with Crippen LogP contribution in [0.15, 0.2) is 24.3 Å². The molecule has 1 fully saturated rings. The van der Waals surface area contributed by atoms with Crippen molar-refractivity contribution in [3.8, 4) is 0 Å². The van der Waals surface area contributed by atoms with Gasteiger partial charge in [0, 0.05) is 0 Å². The Kier molecular flexibility index (Phi) is 4.37. The molecule has 1 saturated heterocycles. The fourth-order valence-electron chi connectivity index (χ4n) is 2.54. The van der Waals surface area contributed by atoms with Crippen molar-refractivity contribution in [3.05, 3.63) is 35.4 Å². The molecule has 1 heterocycles. The highest BCUT2D eigenvalue weighted by Gasteiger charge is 2.22. The fourth-order valence-corrected chi connectivity index (χ4v) is 2.54. The highest BCUT2D eigenvalue weighted by atomic mass is 16.2. The second-order valence-corrected chi connectivity index (χ2v) is 5.09. The number of carbonyl (C=O) groups excluding carboxylic acids is 1. The van der Waals surface area contributed by atoms with Crippen LogP contribution in [0.1, 0.15) is 43.4 Å². The van der Waals surface area contributed by atoms with Crippen LogP contribution >= 0.6 is 0 Å². The number of hydrogen-bond donors (Lipinski definition) is 2. The Bertz CT molecular complexity index is 411. The maximum Gasteiger partial charge on any atom is 0.237 e. The Morgan fingerprint density at radius 3 is 2.83 bits per heavy atom. The summed E-state index contributed by atoms with van der Waals surface area (Å²) in [6.07, 6.45) is 3.27. The van der Waals surface area contributed by atoms with E-state index in [-0.39, 0.29) is 18.0 Å². The number of benzene rings is 1. The van der Waals surface area contributed by atoms with E-state index in [1.54, 1.807) is 0 Å². The number of amides is 1. The number of nitrogens with one attached hydrogen (secondary N) is 2. The van der Waals surface area contributed by atoms with Crippen molar-refractivity contribution in [3.63, 3.8) is 0 Å². The molecule has 2 rings (SSSR count). The van der Waals surface area contributed by atoms with Crippen molar-refractivity contribution >= 4 is 5.91 Å². The van der Waals surface area contributed by atoms with Crippen LogP contribution in [0.25, 0.3) is 0 Å². The minimum atomic E-state index is -0.00906. The summed E-state index contributed by atoms with van der Waals surface area (Å²) < 4.78 is 0. The van der Waals surface area contributed by atoms with E-state index in [9.17, 15) is 4.79 Å². The Morgan fingerprint density at radius 2 is 2.17 bits per heavy atom. The van der Waals surface area contributed by atoms with Gasteiger partial charge in [-0.1, -0.05) is 30.7 Å². The molecule has 1 aromatic rings. The molecule has 1 amide bonds. The topological polar surface area (TPSA) is 41.1 Å². The van der Waals surface area contributed by atoms with Gasteiger partial charge in [0.1, 0.15) is 0 Å². The van der Waals surface area contributed by atoms with E-state index in [4.69, 9.17) is 0 Å². The zero-order valence-electron chi connectivity index (χ0n) is 11.2. The quantitative estimate of drug-likeness (QED) is 0.859. The van der Waals surface area contributed by atoms with Gasteiger partial charge in [0.05, 0.1) is 12.1 Å². The highest BCUT2D eigenvalue weighted by molar-refractivity contribution is 5.82. The summed E-state index contributed by atoms with van der Waals surface area (Å²) in [5.74, 6) is 0.130. The van der Waals surface area contributed by atoms with Gasteiger partial charge in [0.15, 0.2) is 0 Å². The first-order chi connectivity index (χ1) is 8.68. The molecular weight excluding hydrogens is 224 g/mol. The summed E-state index contributed by atoms with van der Waals surface area (Å²) in [6, 6.07) is 8.26. The van der Waals surface area contributed by atoms with Gasteiger partial charge >= 0.3 is 0 Å². The molecule has 0 spiro atoms. The Morgan fingerprint density at radius 1 is 1.39 bits per heavy atom. The maximum atomic E-state index is 12.1. The minimum absolute atomic E-state index is 0.00906. The molecule has 18 heavy (non-hydrogen) atoms. The van der Waals surface area contributed by atoms with Gasteiger partial charge in [-0.05, 0) is 44.4 Å². The van der Waals surface area contributed by atoms with Crippen LogP contribution in [0.2, 0.25) is 0 Å². The molecule has 2 atom stereocenters. The SMILES string of the molecule is Cc1ccccc1[C@@H](C)NC(=O)[C@@H]1CCCCN1. The molecule has 1 aromatic carbocycles. The van der Waals surface area contributed by atoms with Crippen molar-refractivity contribution in [1.82, 2.24) is 10.6 Å². The normalized spacial score (nSPS) is 21.3. The van der Waals surface area contributed by atoms with E-state index in [0.29, 0.717) is 0 Å². The molecule has 0 aliphatic carbocycles. The number of rotatable bonds is 3. The first-order valence-corrected chi connectivity index (χ1v) is 6.78. The van der Waals surface area contributed by atoms with Crippen molar-refractivity contribution in [2.24, 2.45) is 0 Å². The standard InChI is InChI=1S/C15H22N2O/c1-11-7-3-4-8-13(11)12(2)17-15(18)14-9-5-6-10-16-14/h3-4,7-8,12,14,16H,5-6,9-10H2,1-2H3,(H,17,18)/t12-,14+/m1/s1. The summed E-state index contributed by atoms with van der Waals surface area (Å²) in [5, 5.41) is 6.38. The van der Waals surface area contributed by atoms with Crippen molar-refractivity contribution in [1.29, 1.82) is 0 Å². The summed E-state index contributed by atoms with van der Waals surface area (Å²) in [7, 11) is 0. The van der Waals surface area contributed by atoms with Crippen LogP contribution in [0, 0.1) is 6.92 Å². The van der Waals surface area contributed by atoms with Gasteiger partial charge in [-0.15, -0.1) is 0 Å². The predicted octanol–water partition coefficient (Wildman–Crippen LogP) is 2.31. The molecular formula is C15H22N2O. The average molecular weight is 246 g/mol. The van der Waals surface area contributed by atoms with Gasteiger partial charge in [-0.25, -0.2) is 0 Å². The molecule has 0 bridgehead atoms. The first-order valence-electron chi connectivity index (χ1n) is 6.78. The lowest BCUT2D eigenvalue weighted by molar-refractivity contribution is -0.124. The smallest absolute Gasteiger partial charge is 0.237 e. The Balaban J connectivity index is 1.96. The Labute approximate surface area is 109 Å². The van der Waals surface area contributed by atoms with Gasteiger partial charge in [0.2, 0.25) is 5.91 Å². The molecule has 1 aliphatic rings. The third-order valence-corrected chi connectivity index (χ3v) is 3.64. The second-order valence-electron chi connectivity index (χ2n) is 5.09.